The van der Waals surface area contributed by atoms with E-state index in [2.05, 4.69) is 16.6 Å². The molecule has 1 amide bonds. The molecule has 130 valence electrons. The van der Waals surface area contributed by atoms with Crippen molar-refractivity contribution >= 4 is 45.4 Å². The lowest BCUT2D eigenvalue weighted by molar-refractivity contribution is -0.121. The predicted octanol–water partition coefficient (Wildman–Crippen LogP) is 4.25. The summed E-state index contributed by atoms with van der Waals surface area (Å²) in [6.07, 6.45) is 7.32. The summed E-state index contributed by atoms with van der Waals surface area (Å²) in [5, 5.41) is 3.11. The van der Waals surface area contributed by atoms with Crippen molar-refractivity contribution in [1.29, 1.82) is 0 Å². The van der Waals surface area contributed by atoms with Gasteiger partial charge in [0.25, 0.3) is 5.91 Å². The Kier molecular flexibility index (Phi) is 4.73. The fourth-order valence-corrected chi connectivity index (χ4v) is 4.19. The number of amides is 1. The molecule has 4 rings (SSSR count). The fraction of sp³-hybridized carbons (Fsp3) is 0.105. The van der Waals surface area contributed by atoms with E-state index in [0.29, 0.717) is 28.4 Å². The zero-order valence-corrected chi connectivity index (χ0v) is 15.4. The van der Waals surface area contributed by atoms with Gasteiger partial charge in [0.1, 0.15) is 12.4 Å². The Hall–Kier alpha value is -2.64. The van der Waals surface area contributed by atoms with Crippen molar-refractivity contribution in [3.63, 3.8) is 0 Å². The van der Waals surface area contributed by atoms with Gasteiger partial charge in [-0.3, -0.25) is 9.69 Å². The van der Waals surface area contributed by atoms with Crippen LogP contribution < -0.4 is 4.74 Å². The summed E-state index contributed by atoms with van der Waals surface area (Å²) in [5.74, 6) is 0.782. The van der Waals surface area contributed by atoms with Crippen LogP contribution in [0.1, 0.15) is 5.56 Å². The van der Waals surface area contributed by atoms with Crippen molar-refractivity contribution in [2.45, 2.75) is 0 Å². The molecular formula is C19H15N3O2S2. The summed E-state index contributed by atoms with van der Waals surface area (Å²) in [6, 6.07) is 7.85. The summed E-state index contributed by atoms with van der Waals surface area (Å²) in [5.41, 5.74) is 1.97. The van der Waals surface area contributed by atoms with Crippen LogP contribution in [0, 0.1) is 0 Å². The van der Waals surface area contributed by atoms with Gasteiger partial charge in [0.05, 0.1) is 4.91 Å². The number of thioether (sulfide) groups is 1. The second-order valence-electron chi connectivity index (χ2n) is 5.57. The summed E-state index contributed by atoms with van der Waals surface area (Å²) in [4.78, 5) is 23.7. The number of thiazole rings is 1. The quantitative estimate of drug-likeness (QED) is 0.587. The molecule has 1 aromatic carbocycles. The van der Waals surface area contributed by atoms with E-state index in [4.69, 9.17) is 4.74 Å². The third kappa shape index (κ3) is 3.36. The molecule has 0 saturated carbocycles. The number of aliphatic imine (C=N–C) groups is 1. The molecule has 26 heavy (non-hydrogen) atoms. The first-order valence-corrected chi connectivity index (χ1v) is 9.67. The van der Waals surface area contributed by atoms with Crippen LogP contribution in [0.3, 0.4) is 0 Å². The number of para-hydroxylation sites is 1. The molecule has 3 heterocycles. The maximum atomic E-state index is 12.8. The average molecular weight is 381 g/mol. The van der Waals surface area contributed by atoms with E-state index in [1.807, 2.05) is 41.8 Å². The summed E-state index contributed by atoms with van der Waals surface area (Å²) in [7, 11) is 0. The molecule has 2 aliphatic heterocycles. The lowest BCUT2D eigenvalue weighted by atomic mass is 10.1. The molecule has 0 N–H and O–H groups in total. The van der Waals surface area contributed by atoms with Gasteiger partial charge >= 0.3 is 0 Å². The zero-order valence-electron chi connectivity index (χ0n) is 13.8. The average Bonchev–Trinajstić information content (AvgIpc) is 3.26. The standard InChI is InChI=1S/C19H15N3O2S2/c1-2-8-22-17(23)16(26-19(22)21-18-20-7-9-25-18)11-13-10-14-5-3-4-6-15(14)24-12-13/h2-7,9-11H,1,8,12H2/b16-11+,21-19+. The highest BCUT2D eigenvalue weighted by Crippen LogP contribution is 2.35. The number of rotatable bonds is 4. The van der Waals surface area contributed by atoms with E-state index in [0.717, 1.165) is 16.9 Å². The topological polar surface area (TPSA) is 54.8 Å². The lowest BCUT2D eigenvalue weighted by Gasteiger charge is -2.16. The van der Waals surface area contributed by atoms with Crippen LogP contribution in [-0.4, -0.2) is 34.1 Å². The van der Waals surface area contributed by atoms with Gasteiger partial charge in [-0.2, -0.15) is 4.99 Å². The highest BCUT2D eigenvalue weighted by atomic mass is 32.2. The molecular weight excluding hydrogens is 366 g/mol. The number of aromatic nitrogens is 1. The Morgan fingerprint density at radius 3 is 3.08 bits per heavy atom. The Bertz CT molecular complexity index is 945. The highest BCUT2D eigenvalue weighted by Gasteiger charge is 2.33. The maximum Gasteiger partial charge on any atom is 0.267 e. The minimum atomic E-state index is -0.0787. The van der Waals surface area contributed by atoms with E-state index in [9.17, 15) is 4.79 Å². The van der Waals surface area contributed by atoms with E-state index in [-0.39, 0.29) is 5.91 Å². The second-order valence-corrected chi connectivity index (χ2v) is 7.45. The number of fused-ring (bicyclic) bond motifs is 1. The first kappa shape index (κ1) is 16.8. The molecule has 2 aromatic rings. The minimum Gasteiger partial charge on any atom is -0.488 e. The SMILES string of the molecule is C=CCN1C(=O)/C(=C\C2=Cc3ccccc3OC2)S/C1=N/c1nccs1. The Labute approximate surface area is 159 Å². The fourth-order valence-electron chi connectivity index (χ4n) is 2.62. The van der Waals surface area contributed by atoms with Crippen molar-refractivity contribution < 1.29 is 9.53 Å². The van der Waals surface area contributed by atoms with Crippen LogP contribution in [0.5, 0.6) is 5.75 Å². The largest absolute Gasteiger partial charge is 0.488 e. The predicted molar refractivity (Wildman–Crippen MR) is 107 cm³/mol. The number of amidine groups is 1. The van der Waals surface area contributed by atoms with Gasteiger partial charge in [-0.15, -0.1) is 17.9 Å². The van der Waals surface area contributed by atoms with Gasteiger partial charge in [-0.05, 0) is 35.6 Å². The Morgan fingerprint density at radius 2 is 2.27 bits per heavy atom. The molecule has 0 spiro atoms. The summed E-state index contributed by atoms with van der Waals surface area (Å²) in [6.45, 7) is 4.58. The molecule has 0 atom stereocenters. The van der Waals surface area contributed by atoms with Gasteiger partial charge in [0.15, 0.2) is 5.17 Å². The van der Waals surface area contributed by atoms with E-state index in [1.165, 1.54) is 23.1 Å². The number of hydrogen-bond donors (Lipinski definition) is 0. The Morgan fingerprint density at radius 1 is 1.38 bits per heavy atom. The van der Waals surface area contributed by atoms with Gasteiger partial charge in [-0.25, -0.2) is 4.98 Å². The second kappa shape index (κ2) is 7.31. The number of ether oxygens (including phenoxy) is 1. The molecule has 7 heteroatoms. The van der Waals surface area contributed by atoms with Crippen molar-refractivity contribution in [3.05, 3.63) is 70.6 Å². The molecule has 0 radical (unpaired) electrons. The molecule has 0 unspecified atom stereocenters. The van der Waals surface area contributed by atoms with Gasteiger partial charge in [-0.1, -0.05) is 24.3 Å². The minimum absolute atomic E-state index is 0.0787. The Balaban J connectivity index is 1.65. The van der Waals surface area contributed by atoms with Crippen LogP contribution >= 0.6 is 23.1 Å². The van der Waals surface area contributed by atoms with Gasteiger partial charge < -0.3 is 4.74 Å². The van der Waals surface area contributed by atoms with Crippen molar-refractivity contribution in [2.75, 3.05) is 13.2 Å². The van der Waals surface area contributed by atoms with E-state index < -0.39 is 0 Å². The van der Waals surface area contributed by atoms with Crippen LogP contribution in [-0.2, 0) is 4.79 Å². The molecule has 1 fully saturated rings. The van der Waals surface area contributed by atoms with Crippen LogP contribution in [0.15, 0.2) is 70.0 Å². The smallest absolute Gasteiger partial charge is 0.267 e. The normalized spacial score (nSPS) is 19.5. The molecule has 0 aliphatic carbocycles. The van der Waals surface area contributed by atoms with Crippen LogP contribution in [0.25, 0.3) is 6.08 Å². The lowest BCUT2D eigenvalue weighted by Crippen LogP contribution is -2.29. The zero-order chi connectivity index (χ0) is 17.9. The molecule has 1 aromatic heterocycles. The summed E-state index contributed by atoms with van der Waals surface area (Å²) >= 11 is 2.78. The van der Waals surface area contributed by atoms with Crippen LogP contribution in [0.4, 0.5) is 5.13 Å². The third-order valence-corrected chi connectivity index (χ3v) is 5.45. The number of carbonyl (C=O) groups excluding carboxylic acids is 1. The first-order valence-electron chi connectivity index (χ1n) is 7.97. The van der Waals surface area contributed by atoms with Gasteiger partial charge in [0.2, 0.25) is 5.13 Å². The third-order valence-electron chi connectivity index (χ3n) is 3.78. The van der Waals surface area contributed by atoms with Gasteiger partial charge in [0, 0.05) is 23.7 Å². The highest BCUT2D eigenvalue weighted by molar-refractivity contribution is 8.18. The van der Waals surface area contributed by atoms with Crippen molar-refractivity contribution in [2.24, 2.45) is 4.99 Å². The van der Waals surface area contributed by atoms with Crippen LogP contribution in [0.2, 0.25) is 0 Å². The molecule has 0 bridgehead atoms. The maximum absolute atomic E-state index is 12.8. The van der Waals surface area contributed by atoms with E-state index >= 15 is 0 Å². The number of nitrogens with zero attached hydrogens (tertiary/aromatic N) is 3. The molecule has 5 nitrogen and oxygen atoms in total. The molecule has 2 aliphatic rings. The number of benzene rings is 1. The van der Waals surface area contributed by atoms with Crippen molar-refractivity contribution in [3.8, 4) is 5.75 Å². The number of hydrogen-bond acceptors (Lipinski definition) is 6. The summed E-state index contributed by atoms with van der Waals surface area (Å²) < 4.78 is 5.77. The molecule has 1 saturated heterocycles. The first-order chi connectivity index (χ1) is 12.7. The van der Waals surface area contributed by atoms with Crippen molar-refractivity contribution in [1.82, 2.24) is 9.88 Å². The van der Waals surface area contributed by atoms with E-state index in [1.54, 1.807) is 17.2 Å². The monoisotopic (exact) mass is 381 g/mol. The number of carbonyl (C=O) groups is 1.